The van der Waals surface area contributed by atoms with Crippen molar-refractivity contribution in [2.45, 2.75) is 25.8 Å². The number of amides is 1. The molecule has 0 radical (unpaired) electrons. The summed E-state index contributed by atoms with van der Waals surface area (Å²) in [6.45, 7) is 4.10. The number of nitrogens with one attached hydrogen (secondary N) is 1. The quantitative estimate of drug-likeness (QED) is 0.556. The highest BCUT2D eigenvalue weighted by atomic mass is 16.1. The van der Waals surface area contributed by atoms with Crippen LogP contribution < -0.4 is 11.1 Å². The van der Waals surface area contributed by atoms with Crippen molar-refractivity contribution in [3.05, 3.63) is 0 Å². The van der Waals surface area contributed by atoms with E-state index >= 15 is 0 Å². The molecule has 0 aliphatic carbocycles. The minimum Gasteiger partial charge on any atom is -0.349 e. The second kappa shape index (κ2) is 3.99. The Morgan fingerprint density at radius 1 is 1.73 bits per heavy atom. The highest BCUT2D eigenvalue weighted by Gasteiger charge is 2.16. The molecular formula is C8H14N2O. The molecule has 0 spiro atoms. The molecule has 0 aromatic rings. The van der Waals surface area contributed by atoms with Crippen molar-refractivity contribution in [3.8, 4) is 12.3 Å². The molecule has 0 unspecified atom stereocenters. The molecule has 0 rings (SSSR count). The van der Waals surface area contributed by atoms with Gasteiger partial charge in [-0.2, -0.15) is 0 Å². The van der Waals surface area contributed by atoms with Crippen LogP contribution in [-0.4, -0.2) is 18.0 Å². The van der Waals surface area contributed by atoms with Gasteiger partial charge in [0.2, 0.25) is 5.91 Å². The number of carbonyl (C=O) groups excluding carboxylic acids is 1. The lowest BCUT2D eigenvalue weighted by molar-refractivity contribution is -0.121. The van der Waals surface area contributed by atoms with Crippen LogP contribution in [0.1, 0.15) is 20.3 Å². The van der Waals surface area contributed by atoms with E-state index in [1.54, 1.807) is 0 Å². The van der Waals surface area contributed by atoms with Gasteiger partial charge in [-0.1, -0.05) is 5.92 Å². The zero-order valence-electron chi connectivity index (χ0n) is 6.98. The van der Waals surface area contributed by atoms with E-state index in [0.717, 1.165) is 0 Å². The van der Waals surface area contributed by atoms with Crippen molar-refractivity contribution in [1.82, 2.24) is 5.32 Å². The molecule has 0 bridgehead atoms. The zero-order chi connectivity index (χ0) is 8.91. The monoisotopic (exact) mass is 154 g/mol. The average molecular weight is 154 g/mol. The molecule has 0 atom stereocenters. The number of nitrogens with two attached hydrogens (primary N) is 1. The standard InChI is InChI=1S/C8H14N2O/c1-4-5-7(11)10-8(2,3)6-9/h1H,5-6,9H2,2-3H3,(H,10,11). The topological polar surface area (TPSA) is 55.1 Å². The highest BCUT2D eigenvalue weighted by molar-refractivity contribution is 5.79. The molecule has 0 aliphatic rings. The summed E-state index contributed by atoms with van der Waals surface area (Å²) in [6.07, 6.45) is 5.06. The van der Waals surface area contributed by atoms with Gasteiger partial charge in [0.05, 0.1) is 6.42 Å². The smallest absolute Gasteiger partial charge is 0.232 e. The Kier molecular flexibility index (Phi) is 3.63. The van der Waals surface area contributed by atoms with Gasteiger partial charge < -0.3 is 11.1 Å². The Morgan fingerprint density at radius 3 is 2.64 bits per heavy atom. The summed E-state index contributed by atoms with van der Waals surface area (Å²) in [5.74, 6) is 2.11. The summed E-state index contributed by atoms with van der Waals surface area (Å²) in [6, 6.07) is 0. The minimum atomic E-state index is -0.353. The third-order valence-corrected chi connectivity index (χ3v) is 1.25. The zero-order valence-corrected chi connectivity index (χ0v) is 6.98. The first-order valence-corrected chi connectivity index (χ1v) is 3.46. The molecule has 3 nitrogen and oxygen atoms in total. The van der Waals surface area contributed by atoms with Crippen LogP contribution in [0.5, 0.6) is 0 Å². The maximum atomic E-state index is 10.9. The van der Waals surface area contributed by atoms with Crippen LogP contribution in [0.15, 0.2) is 0 Å². The Labute approximate surface area is 67.3 Å². The fraction of sp³-hybridized carbons (Fsp3) is 0.625. The van der Waals surface area contributed by atoms with Crippen molar-refractivity contribution in [2.24, 2.45) is 5.73 Å². The SMILES string of the molecule is C#CCC(=O)NC(C)(C)CN. The van der Waals surface area contributed by atoms with Gasteiger partial charge in [-0.05, 0) is 13.8 Å². The van der Waals surface area contributed by atoms with Gasteiger partial charge in [0.15, 0.2) is 0 Å². The van der Waals surface area contributed by atoms with E-state index in [1.165, 1.54) is 0 Å². The molecule has 0 aromatic heterocycles. The summed E-state index contributed by atoms with van der Waals surface area (Å²) in [4.78, 5) is 10.9. The molecule has 0 aromatic carbocycles. The first-order chi connectivity index (χ1) is 5.02. The van der Waals surface area contributed by atoms with Gasteiger partial charge in [0, 0.05) is 12.1 Å². The molecule has 1 amide bonds. The van der Waals surface area contributed by atoms with E-state index in [2.05, 4.69) is 11.2 Å². The van der Waals surface area contributed by atoms with Crippen LogP contribution in [0.4, 0.5) is 0 Å². The maximum absolute atomic E-state index is 10.9. The van der Waals surface area contributed by atoms with Crippen LogP contribution >= 0.6 is 0 Å². The Morgan fingerprint density at radius 2 is 2.27 bits per heavy atom. The molecule has 0 aliphatic heterocycles. The van der Waals surface area contributed by atoms with Gasteiger partial charge in [-0.25, -0.2) is 0 Å². The van der Waals surface area contributed by atoms with Crippen molar-refractivity contribution >= 4 is 5.91 Å². The second-order valence-corrected chi connectivity index (χ2v) is 3.02. The van der Waals surface area contributed by atoms with E-state index in [1.807, 2.05) is 13.8 Å². The lowest BCUT2D eigenvalue weighted by Crippen LogP contribution is -2.48. The molecule has 3 N–H and O–H groups in total. The van der Waals surface area contributed by atoms with E-state index in [-0.39, 0.29) is 17.9 Å². The van der Waals surface area contributed by atoms with E-state index < -0.39 is 0 Å². The van der Waals surface area contributed by atoms with E-state index in [9.17, 15) is 4.79 Å². The Hall–Kier alpha value is -1.01. The van der Waals surface area contributed by atoms with Crippen LogP contribution in [0.2, 0.25) is 0 Å². The fourth-order valence-corrected chi connectivity index (χ4v) is 0.565. The van der Waals surface area contributed by atoms with E-state index in [0.29, 0.717) is 6.54 Å². The molecular weight excluding hydrogens is 140 g/mol. The highest BCUT2D eigenvalue weighted by Crippen LogP contribution is 1.98. The fourth-order valence-electron chi connectivity index (χ4n) is 0.565. The largest absolute Gasteiger partial charge is 0.349 e. The van der Waals surface area contributed by atoms with Crippen molar-refractivity contribution in [1.29, 1.82) is 0 Å². The third kappa shape index (κ3) is 4.40. The molecule has 0 fully saturated rings. The summed E-state index contributed by atoms with van der Waals surface area (Å²) < 4.78 is 0. The summed E-state index contributed by atoms with van der Waals surface area (Å²) in [5.41, 5.74) is 5.03. The summed E-state index contributed by atoms with van der Waals surface area (Å²) >= 11 is 0. The molecule has 62 valence electrons. The minimum absolute atomic E-state index is 0.115. The van der Waals surface area contributed by atoms with Crippen LogP contribution in [0.25, 0.3) is 0 Å². The Balaban J connectivity index is 3.86. The molecule has 3 heteroatoms. The molecule has 0 heterocycles. The Bertz CT molecular complexity index is 179. The maximum Gasteiger partial charge on any atom is 0.232 e. The first kappa shape index (κ1) is 9.99. The summed E-state index contributed by atoms with van der Waals surface area (Å²) in [5, 5.41) is 2.70. The predicted octanol–water partition coefficient (Wildman–Crippen LogP) is -0.137. The van der Waals surface area contributed by atoms with Crippen molar-refractivity contribution < 1.29 is 4.79 Å². The van der Waals surface area contributed by atoms with Crippen LogP contribution in [0.3, 0.4) is 0 Å². The lowest BCUT2D eigenvalue weighted by atomic mass is 10.1. The third-order valence-electron chi connectivity index (χ3n) is 1.25. The average Bonchev–Trinajstić information content (AvgIpc) is 1.87. The van der Waals surface area contributed by atoms with Crippen LogP contribution in [0, 0.1) is 12.3 Å². The van der Waals surface area contributed by atoms with Gasteiger partial charge in [0.1, 0.15) is 0 Å². The van der Waals surface area contributed by atoms with Gasteiger partial charge >= 0.3 is 0 Å². The van der Waals surface area contributed by atoms with Crippen molar-refractivity contribution in [2.75, 3.05) is 6.54 Å². The second-order valence-electron chi connectivity index (χ2n) is 3.02. The normalized spacial score (nSPS) is 10.4. The van der Waals surface area contributed by atoms with Gasteiger partial charge in [-0.15, -0.1) is 6.42 Å². The number of rotatable bonds is 3. The predicted molar refractivity (Wildman–Crippen MR) is 44.7 cm³/mol. The van der Waals surface area contributed by atoms with Gasteiger partial charge in [-0.3, -0.25) is 4.79 Å². The van der Waals surface area contributed by atoms with Crippen molar-refractivity contribution in [3.63, 3.8) is 0 Å². The van der Waals surface area contributed by atoms with Crippen LogP contribution in [-0.2, 0) is 4.79 Å². The summed E-state index contributed by atoms with van der Waals surface area (Å²) in [7, 11) is 0. The number of hydrogen-bond donors (Lipinski definition) is 2. The molecule has 0 saturated carbocycles. The molecule has 0 saturated heterocycles. The van der Waals surface area contributed by atoms with E-state index in [4.69, 9.17) is 12.2 Å². The number of terminal acetylenes is 1. The number of carbonyl (C=O) groups is 1. The number of hydrogen-bond acceptors (Lipinski definition) is 2. The first-order valence-electron chi connectivity index (χ1n) is 3.46. The lowest BCUT2D eigenvalue weighted by Gasteiger charge is -2.23. The molecule has 11 heavy (non-hydrogen) atoms. The van der Waals surface area contributed by atoms with Gasteiger partial charge in [0.25, 0.3) is 0 Å².